The molecule has 0 aliphatic carbocycles. The minimum absolute atomic E-state index is 0.0354. The minimum Gasteiger partial charge on any atom is -0.339 e. The van der Waals surface area contributed by atoms with Crippen molar-refractivity contribution in [3.63, 3.8) is 0 Å². The van der Waals surface area contributed by atoms with Gasteiger partial charge in [-0.15, -0.1) is 0 Å². The molecule has 5 nitrogen and oxygen atoms in total. The van der Waals surface area contributed by atoms with Crippen LogP contribution < -0.4 is 5.14 Å². The van der Waals surface area contributed by atoms with Crippen LogP contribution >= 0.6 is 23.2 Å². The van der Waals surface area contributed by atoms with Gasteiger partial charge >= 0.3 is 0 Å². The Morgan fingerprint density at radius 2 is 1.72 bits per heavy atom. The standard InChI is InChI=1S/C17H18Cl2N2O3S/c1-11(13-4-6-14(7-5-13)25(20,23)24)21(2)17(22)10-12-3-8-15(18)16(19)9-12/h3-9,11H,10H2,1-2H3,(H2,20,23,24). The molecule has 0 saturated carbocycles. The molecular formula is C17H18Cl2N2O3S. The fourth-order valence-corrected chi connectivity index (χ4v) is 3.16. The lowest BCUT2D eigenvalue weighted by atomic mass is 10.1. The molecule has 25 heavy (non-hydrogen) atoms. The van der Waals surface area contributed by atoms with E-state index >= 15 is 0 Å². The van der Waals surface area contributed by atoms with Crippen LogP contribution in [-0.2, 0) is 21.2 Å². The lowest BCUT2D eigenvalue weighted by Crippen LogP contribution is -2.31. The van der Waals surface area contributed by atoms with E-state index < -0.39 is 10.0 Å². The number of likely N-dealkylation sites (N-methyl/N-ethyl adjacent to an activating group) is 1. The zero-order valence-corrected chi connectivity index (χ0v) is 16.1. The molecule has 2 rings (SSSR count). The van der Waals surface area contributed by atoms with Gasteiger partial charge in [-0.1, -0.05) is 41.4 Å². The van der Waals surface area contributed by atoms with Gasteiger partial charge in [0.15, 0.2) is 0 Å². The summed E-state index contributed by atoms with van der Waals surface area (Å²) in [5, 5.41) is 5.93. The molecule has 0 heterocycles. The zero-order valence-electron chi connectivity index (χ0n) is 13.7. The number of rotatable bonds is 5. The van der Waals surface area contributed by atoms with E-state index in [2.05, 4.69) is 0 Å². The summed E-state index contributed by atoms with van der Waals surface area (Å²) in [6.45, 7) is 1.86. The number of halogens is 2. The van der Waals surface area contributed by atoms with Gasteiger partial charge in [-0.25, -0.2) is 13.6 Å². The van der Waals surface area contributed by atoms with Crippen molar-refractivity contribution in [3.8, 4) is 0 Å². The molecular weight excluding hydrogens is 383 g/mol. The summed E-state index contributed by atoms with van der Waals surface area (Å²) in [6, 6.07) is 11.0. The molecule has 2 aromatic rings. The second kappa shape index (κ2) is 7.74. The number of nitrogens with zero attached hydrogens (tertiary/aromatic N) is 1. The molecule has 0 spiro atoms. The number of amides is 1. The van der Waals surface area contributed by atoms with Gasteiger partial charge in [-0.2, -0.15) is 0 Å². The van der Waals surface area contributed by atoms with Crippen LogP contribution in [0.25, 0.3) is 0 Å². The molecule has 0 saturated heterocycles. The number of hydrogen-bond acceptors (Lipinski definition) is 3. The van der Waals surface area contributed by atoms with Crippen molar-refractivity contribution in [3.05, 3.63) is 63.6 Å². The van der Waals surface area contributed by atoms with Gasteiger partial charge in [0.25, 0.3) is 0 Å². The zero-order chi connectivity index (χ0) is 18.8. The molecule has 1 unspecified atom stereocenters. The highest BCUT2D eigenvalue weighted by molar-refractivity contribution is 7.89. The van der Waals surface area contributed by atoms with Crippen molar-refractivity contribution in [2.75, 3.05) is 7.05 Å². The van der Waals surface area contributed by atoms with E-state index in [1.807, 2.05) is 6.92 Å². The summed E-state index contributed by atoms with van der Waals surface area (Å²) >= 11 is 11.8. The Morgan fingerprint density at radius 3 is 2.24 bits per heavy atom. The Bertz CT molecular complexity index is 883. The maximum Gasteiger partial charge on any atom is 0.238 e. The Kier molecular flexibility index (Phi) is 6.11. The van der Waals surface area contributed by atoms with E-state index in [1.165, 1.54) is 12.1 Å². The van der Waals surface area contributed by atoms with Crippen molar-refractivity contribution in [2.45, 2.75) is 24.3 Å². The maximum atomic E-state index is 12.5. The van der Waals surface area contributed by atoms with E-state index in [-0.39, 0.29) is 23.3 Å². The lowest BCUT2D eigenvalue weighted by Gasteiger charge is -2.25. The summed E-state index contributed by atoms with van der Waals surface area (Å²) < 4.78 is 22.6. The molecule has 8 heteroatoms. The van der Waals surface area contributed by atoms with E-state index in [1.54, 1.807) is 42.3 Å². The molecule has 0 aliphatic heterocycles. The Morgan fingerprint density at radius 1 is 1.12 bits per heavy atom. The average molecular weight is 401 g/mol. The van der Waals surface area contributed by atoms with Crippen molar-refractivity contribution < 1.29 is 13.2 Å². The van der Waals surface area contributed by atoms with E-state index in [4.69, 9.17) is 28.3 Å². The molecule has 0 fully saturated rings. The van der Waals surface area contributed by atoms with Crippen molar-refractivity contribution in [2.24, 2.45) is 5.14 Å². The van der Waals surface area contributed by atoms with Gasteiger partial charge in [0.2, 0.25) is 15.9 Å². The molecule has 134 valence electrons. The van der Waals surface area contributed by atoms with Crippen LogP contribution in [0.15, 0.2) is 47.4 Å². The van der Waals surface area contributed by atoms with Crippen LogP contribution in [0.5, 0.6) is 0 Å². The average Bonchev–Trinajstić information content (AvgIpc) is 2.56. The fraction of sp³-hybridized carbons (Fsp3) is 0.235. The highest BCUT2D eigenvalue weighted by atomic mass is 35.5. The predicted molar refractivity (Wildman–Crippen MR) is 99.2 cm³/mol. The van der Waals surface area contributed by atoms with Crippen molar-refractivity contribution in [1.82, 2.24) is 4.90 Å². The monoisotopic (exact) mass is 400 g/mol. The first kappa shape index (κ1) is 19.7. The second-order valence-electron chi connectivity index (χ2n) is 5.72. The van der Waals surface area contributed by atoms with Crippen LogP contribution in [0.3, 0.4) is 0 Å². The molecule has 0 aliphatic rings. The summed E-state index contributed by atoms with van der Waals surface area (Å²) in [6.07, 6.45) is 0.187. The lowest BCUT2D eigenvalue weighted by molar-refractivity contribution is -0.131. The van der Waals surface area contributed by atoms with Gasteiger partial charge in [0, 0.05) is 7.05 Å². The summed E-state index contributed by atoms with van der Waals surface area (Å²) in [7, 11) is -2.04. The normalized spacial score (nSPS) is 12.7. The quantitative estimate of drug-likeness (QED) is 0.834. The topological polar surface area (TPSA) is 80.5 Å². The van der Waals surface area contributed by atoms with Gasteiger partial charge < -0.3 is 4.90 Å². The first-order chi connectivity index (χ1) is 11.6. The minimum atomic E-state index is -3.73. The predicted octanol–water partition coefficient (Wildman–Crippen LogP) is 3.40. The van der Waals surface area contributed by atoms with E-state index in [0.29, 0.717) is 10.0 Å². The Hall–Kier alpha value is -1.60. The molecule has 0 radical (unpaired) electrons. The van der Waals surface area contributed by atoms with Crippen molar-refractivity contribution >= 4 is 39.1 Å². The van der Waals surface area contributed by atoms with Gasteiger partial charge in [-0.3, -0.25) is 4.79 Å². The molecule has 0 aromatic heterocycles. The SMILES string of the molecule is CC(c1ccc(S(N)(=O)=O)cc1)N(C)C(=O)Cc1ccc(Cl)c(Cl)c1. The van der Waals surface area contributed by atoms with Gasteiger partial charge in [0.05, 0.1) is 27.4 Å². The first-order valence-electron chi connectivity index (χ1n) is 7.42. The highest BCUT2D eigenvalue weighted by Gasteiger charge is 2.19. The van der Waals surface area contributed by atoms with Crippen LogP contribution in [0, 0.1) is 0 Å². The van der Waals surface area contributed by atoms with Crippen LogP contribution in [0.2, 0.25) is 10.0 Å². The molecule has 1 amide bonds. The largest absolute Gasteiger partial charge is 0.339 e. The summed E-state index contributed by atoms with van der Waals surface area (Å²) in [5.41, 5.74) is 1.57. The second-order valence-corrected chi connectivity index (χ2v) is 8.10. The van der Waals surface area contributed by atoms with E-state index in [0.717, 1.165) is 11.1 Å². The third-order valence-corrected chi connectivity index (χ3v) is 5.67. The molecule has 2 aromatic carbocycles. The summed E-state index contributed by atoms with van der Waals surface area (Å²) in [5.74, 6) is -0.0959. The Labute approximate surface area is 157 Å². The number of primary sulfonamides is 1. The number of carbonyl (C=O) groups is 1. The van der Waals surface area contributed by atoms with Gasteiger partial charge in [0.1, 0.15) is 0 Å². The molecule has 0 bridgehead atoms. The van der Waals surface area contributed by atoms with E-state index in [9.17, 15) is 13.2 Å². The number of carbonyl (C=O) groups excluding carboxylic acids is 1. The third kappa shape index (κ3) is 4.95. The number of benzene rings is 2. The van der Waals surface area contributed by atoms with Crippen LogP contribution in [0.4, 0.5) is 0 Å². The molecule has 1 atom stereocenters. The number of hydrogen-bond donors (Lipinski definition) is 1. The first-order valence-corrected chi connectivity index (χ1v) is 9.72. The fourth-order valence-electron chi connectivity index (χ4n) is 2.32. The maximum absolute atomic E-state index is 12.5. The number of sulfonamides is 1. The Balaban J connectivity index is 2.11. The smallest absolute Gasteiger partial charge is 0.238 e. The van der Waals surface area contributed by atoms with Crippen molar-refractivity contribution in [1.29, 1.82) is 0 Å². The summed E-state index contributed by atoms with van der Waals surface area (Å²) in [4.78, 5) is 14.1. The van der Waals surface area contributed by atoms with Gasteiger partial charge in [-0.05, 0) is 42.3 Å². The number of nitrogens with two attached hydrogens (primary N) is 1. The van der Waals surface area contributed by atoms with Crippen LogP contribution in [0.1, 0.15) is 24.1 Å². The van der Waals surface area contributed by atoms with Crippen LogP contribution in [-0.4, -0.2) is 26.3 Å². The third-order valence-electron chi connectivity index (χ3n) is 4.00. The molecule has 2 N–H and O–H groups in total. The highest BCUT2D eigenvalue weighted by Crippen LogP contribution is 2.24.